The van der Waals surface area contributed by atoms with Crippen LogP contribution in [0.25, 0.3) is 22.3 Å². The van der Waals surface area contributed by atoms with Crippen molar-refractivity contribution in [2.45, 2.75) is 12.6 Å². The Hall–Kier alpha value is -2.17. The number of halogens is 1. The van der Waals surface area contributed by atoms with Crippen LogP contribution in [0.5, 0.6) is 0 Å². The lowest BCUT2D eigenvalue weighted by Crippen LogP contribution is -2.31. The van der Waals surface area contributed by atoms with Gasteiger partial charge in [-0.15, -0.1) is 0 Å². The molecule has 0 saturated heterocycles. The molecule has 0 bridgehead atoms. The molecule has 5 heteroatoms. The van der Waals surface area contributed by atoms with E-state index in [1.807, 2.05) is 12.1 Å². The van der Waals surface area contributed by atoms with Gasteiger partial charge in [0.25, 0.3) is 5.56 Å². The third kappa shape index (κ3) is 1.80. The number of aliphatic hydroxyl groups excluding tert-OH is 1. The molecule has 3 aromatic rings. The zero-order valence-electron chi connectivity index (χ0n) is 11.0. The molecule has 21 heavy (non-hydrogen) atoms. The quantitative estimate of drug-likeness (QED) is 0.694. The summed E-state index contributed by atoms with van der Waals surface area (Å²) in [4.78, 5) is 17.2. The van der Waals surface area contributed by atoms with Crippen LogP contribution in [0.1, 0.15) is 11.8 Å². The summed E-state index contributed by atoms with van der Waals surface area (Å²) >= 11 is 6.06. The first-order valence-corrected chi connectivity index (χ1v) is 7.01. The lowest BCUT2D eigenvalue weighted by atomic mass is 9.99. The fourth-order valence-electron chi connectivity index (χ4n) is 2.84. The molecule has 0 spiro atoms. The van der Waals surface area contributed by atoms with Gasteiger partial charge in [0.05, 0.1) is 10.9 Å². The molecule has 104 valence electrons. The highest BCUT2D eigenvalue weighted by atomic mass is 35.5. The molecule has 1 aliphatic rings. The smallest absolute Gasteiger partial charge is 0.263 e. The van der Waals surface area contributed by atoms with Crippen molar-refractivity contribution in [3.8, 4) is 11.4 Å². The van der Waals surface area contributed by atoms with Gasteiger partial charge in [-0.05, 0) is 29.8 Å². The monoisotopic (exact) mass is 298 g/mol. The summed E-state index contributed by atoms with van der Waals surface area (Å²) in [6.07, 6.45) is -0.530. The van der Waals surface area contributed by atoms with E-state index in [1.54, 1.807) is 30.3 Å². The van der Waals surface area contributed by atoms with E-state index >= 15 is 0 Å². The van der Waals surface area contributed by atoms with Crippen LogP contribution < -0.4 is 5.56 Å². The molecule has 1 aliphatic heterocycles. The van der Waals surface area contributed by atoms with E-state index in [9.17, 15) is 9.90 Å². The zero-order valence-corrected chi connectivity index (χ0v) is 11.7. The number of aliphatic hydroxyl groups is 1. The van der Waals surface area contributed by atoms with Gasteiger partial charge in [-0.2, -0.15) is 0 Å². The van der Waals surface area contributed by atoms with Crippen LogP contribution in [-0.4, -0.2) is 14.7 Å². The second-order valence-corrected chi connectivity index (χ2v) is 5.55. The third-order valence-corrected chi connectivity index (χ3v) is 4.06. The Morgan fingerprint density at radius 1 is 1.24 bits per heavy atom. The van der Waals surface area contributed by atoms with Crippen molar-refractivity contribution in [2.75, 3.05) is 0 Å². The summed E-state index contributed by atoms with van der Waals surface area (Å²) in [5.74, 6) is 0.468. The lowest BCUT2D eigenvalue weighted by molar-refractivity contribution is 0.0988. The van der Waals surface area contributed by atoms with Gasteiger partial charge in [-0.3, -0.25) is 9.36 Å². The van der Waals surface area contributed by atoms with Gasteiger partial charge >= 0.3 is 0 Å². The number of hydrogen-bond acceptors (Lipinski definition) is 3. The van der Waals surface area contributed by atoms with Crippen LogP contribution in [0.2, 0.25) is 5.02 Å². The standard InChI is InChI=1S/C16H11ClN2O2/c17-10-6-5-9-7-14(20)19-15(12(9)8-10)18-13-4-2-1-3-11(13)16(19)21/h1-6,8,14,20H,7H2. The third-order valence-electron chi connectivity index (χ3n) is 3.82. The first kappa shape index (κ1) is 12.6. The summed E-state index contributed by atoms with van der Waals surface area (Å²) < 4.78 is 1.35. The molecule has 1 atom stereocenters. The van der Waals surface area contributed by atoms with Crippen LogP contribution in [0.15, 0.2) is 47.3 Å². The van der Waals surface area contributed by atoms with Crippen LogP contribution in [-0.2, 0) is 6.42 Å². The maximum Gasteiger partial charge on any atom is 0.263 e. The van der Waals surface area contributed by atoms with Gasteiger partial charge < -0.3 is 5.11 Å². The van der Waals surface area contributed by atoms with E-state index < -0.39 is 6.23 Å². The predicted molar refractivity (Wildman–Crippen MR) is 81.4 cm³/mol. The molecular formula is C16H11ClN2O2. The summed E-state index contributed by atoms with van der Waals surface area (Å²) in [6, 6.07) is 12.6. The van der Waals surface area contributed by atoms with Crippen LogP contribution in [0.3, 0.4) is 0 Å². The Balaban J connectivity index is 2.15. The minimum atomic E-state index is -0.904. The molecule has 2 heterocycles. The van der Waals surface area contributed by atoms with Crippen molar-refractivity contribution in [2.24, 2.45) is 0 Å². The molecule has 0 aliphatic carbocycles. The first-order valence-electron chi connectivity index (χ1n) is 6.63. The molecule has 1 N–H and O–H groups in total. The average Bonchev–Trinajstić information content (AvgIpc) is 2.48. The van der Waals surface area contributed by atoms with E-state index in [1.165, 1.54) is 4.57 Å². The number of aromatic nitrogens is 2. The maximum absolute atomic E-state index is 12.6. The maximum atomic E-state index is 12.6. The van der Waals surface area contributed by atoms with Gasteiger partial charge in [0, 0.05) is 17.0 Å². The molecule has 0 amide bonds. The van der Waals surface area contributed by atoms with Crippen molar-refractivity contribution in [3.63, 3.8) is 0 Å². The zero-order chi connectivity index (χ0) is 14.6. The molecule has 4 nitrogen and oxygen atoms in total. The van der Waals surface area contributed by atoms with Crippen molar-refractivity contribution in [1.29, 1.82) is 0 Å². The number of para-hydroxylation sites is 1. The van der Waals surface area contributed by atoms with E-state index in [4.69, 9.17) is 11.6 Å². The van der Waals surface area contributed by atoms with E-state index in [0.29, 0.717) is 28.2 Å². The van der Waals surface area contributed by atoms with Crippen LogP contribution in [0.4, 0.5) is 0 Å². The Labute approximate surface area is 125 Å². The van der Waals surface area contributed by atoms with Gasteiger partial charge in [0.15, 0.2) is 0 Å². The highest BCUT2D eigenvalue weighted by molar-refractivity contribution is 6.30. The van der Waals surface area contributed by atoms with Crippen LogP contribution in [0, 0.1) is 0 Å². The summed E-state index contributed by atoms with van der Waals surface area (Å²) in [5.41, 5.74) is 2.13. The Morgan fingerprint density at radius 2 is 2.05 bits per heavy atom. The van der Waals surface area contributed by atoms with Crippen molar-refractivity contribution < 1.29 is 5.11 Å². The predicted octanol–water partition coefficient (Wildman–Crippen LogP) is 2.76. The van der Waals surface area contributed by atoms with Crippen molar-refractivity contribution >= 4 is 22.5 Å². The summed E-state index contributed by atoms with van der Waals surface area (Å²) in [6.45, 7) is 0. The van der Waals surface area contributed by atoms with Gasteiger partial charge in [-0.25, -0.2) is 4.98 Å². The number of rotatable bonds is 0. The van der Waals surface area contributed by atoms with Crippen molar-refractivity contribution in [1.82, 2.24) is 9.55 Å². The minimum Gasteiger partial charge on any atom is -0.373 e. The van der Waals surface area contributed by atoms with E-state index in [0.717, 1.165) is 11.1 Å². The SMILES string of the molecule is O=c1c2ccccc2nc2n1C(O)Cc1ccc(Cl)cc1-2. The molecule has 4 rings (SSSR count). The lowest BCUT2D eigenvalue weighted by Gasteiger charge is -2.25. The molecular weight excluding hydrogens is 288 g/mol. The highest BCUT2D eigenvalue weighted by Crippen LogP contribution is 2.33. The molecule has 2 aromatic carbocycles. The van der Waals surface area contributed by atoms with Gasteiger partial charge in [0.2, 0.25) is 0 Å². The number of benzene rings is 2. The normalized spacial score (nSPS) is 16.6. The number of fused-ring (bicyclic) bond motifs is 4. The minimum absolute atomic E-state index is 0.228. The first-order chi connectivity index (χ1) is 10.1. The molecule has 1 unspecified atom stereocenters. The fourth-order valence-corrected chi connectivity index (χ4v) is 3.01. The van der Waals surface area contributed by atoms with Crippen LogP contribution >= 0.6 is 11.6 Å². The molecule has 0 fully saturated rings. The molecule has 1 aromatic heterocycles. The highest BCUT2D eigenvalue weighted by Gasteiger charge is 2.26. The molecule has 0 radical (unpaired) electrons. The Kier molecular flexibility index (Phi) is 2.64. The van der Waals surface area contributed by atoms with E-state index in [-0.39, 0.29) is 5.56 Å². The summed E-state index contributed by atoms with van der Waals surface area (Å²) in [5, 5.41) is 11.4. The molecule has 0 saturated carbocycles. The largest absolute Gasteiger partial charge is 0.373 e. The van der Waals surface area contributed by atoms with Gasteiger partial charge in [0.1, 0.15) is 12.1 Å². The summed E-state index contributed by atoms with van der Waals surface area (Å²) in [7, 11) is 0. The Morgan fingerprint density at radius 3 is 2.90 bits per heavy atom. The van der Waals surface area contributed by atoms with Crippen molar-refractivity contribution in [3.05, 3.63) is 63.4 Å². The number of nitrogens with zero attached hydrogens (tertiary/aromatic N) is 2. The average molecular weight is 299 g/mol. The second kappa shape index (κ2) is 4.41. The second-order valence-electron chi connectivity index (χ2n) is 5.11. The fraction of sp³-hybridized carbons (Fsp3) is 0.125. The number of hydrogen-bond donors (Lipinski definition) is 1. The Bertz CT molecular complexity index is 933. The topological polar surface area (TPSA) is 55.1 Å². The van der Waals surface area contributed by atoms with E-state index in [2.05, 4.69) is 4.98 Å². The van der Waals surface area contributed by atoms with Gasteiger partial charge in [-0.1, -0.05) is 29.8 Å².